The Morgan fingerprint density at radius 2 is 1.78 bits per heavy atom. The monoisotopic (exact) mass is 439 g/mol. The SMILES string of the molecule is CCC(=NOCCOc1cccc(CC(=O)[O-])c1)c1ccc2oc3ccccc3c2c1.[Na+]. The van der Waals surface area contributed by atoms with Crippen LogP contribution in [0.25, 0.3) is 21.9 Å². The fourth-order valence-electron chi connectivity index (χ4n) is 3.46. The molecular formula is C25H22NNaO5. The first-order valence-electron chi connectivity index (χ1n) is 10.2. The van der Waals surface area contributed by atoms with Crippen LogP contribution >= 0.6 is 0 Å². The minimum atomic E-state index is -1.12. The van der Waals surface area contributed by atoms with Crippen molar-refractivity contribution in [2.45, 2.75) is 19.8 Å². The third kappa shape index (κ3) is 5.71. The molecule has 158 valence electrons. The van der Waals surface area contributed by atoms with Crippen LogP contribution in [0.4, 0.5) is 0 Å². The second kappa shape index (κ2) is 11.2. The zero-order chi connectivity index (χ0) is 21.6. The van der Waals surface area contributed by atoms with Gasteiger partial charge in [-0.15, -0.1) is 0 Å². The number of carbonyl (C=O) groups excluding carboxylic acids is 1. The Kier molecular flexibility index (Phi) is 8.33. The van der Waals surface area contributed by atoms with E-state index in [0.29, 0.717) is 24.3 Å². The summed E-state index contributed by atoms with van der Waals surface area (Å²) in [4.78, 5) is 16.2. The Morgan fingerprint density at radius 1 is 0.969 bits per heavy atom. The van der Waals surface area contributed by atoms with E-state index < -0.39 is 5.97 Å². The molecule has 0 aliphatic heterocycles. The van der Waals surface area contributed by atoms with E-state index in [4.69, 9.17) is 14.0 Å². The number of aliphatic carboxylic acids is 1. The van der Waals surface area contributed by atoms with Gasteiger partial charge in [-0.2, -0.15) is 0 Å². The minimum absolute atomic E-state index is 0. The largest absolute Gasteiger partial charge is 1.00 e. The summed E-state index contributed by atoms with van der Waals surface area (Å²) in [5.74, 6) is -0.539. The van der Waals surface area contributed by atoms with E-state index in [1.165, 1.54) is 0 Å². The maximum absolute atomic E-state index is 10.7. The molecule has 32 heavy (non-hydrogen) atoms. The summed E-state index contributed by atoms with van der Waals surface area (Å²) in [5, 5.41) is 17.1. The van der Waals surface area contributed by atoms with Gasteiger partial charge in [0.05, 0.1) is 5.71 Å². The van der Waals surface area contributed by atoms with Crippen LogP contribution in [-0.4, -0.2) is 24.9 Å². The van der Waals surface area contributed by atoms with E-state index in [1.54, 1.807) is 24.3 Å². The Bertz CT molecular complexity index is 1250. The Morgan fingerprint density at radius 3 is 2.59 bits per heavy atom. The molecule has 7 heteroatoms. The summed E-state index contributed by atoms with van der Waals surface area (Å²) in [5.41, 5.74) is 4.16. The van der Waals surface area contributed by atoms with Gasteiger partial charge >= 0.3 is 29.6 Å². The Hall–Kier alpha value is -2.80. The number of benzene rings is 3. The van der Waals surface area contributed by atoms with Crippen molar-refractivity contribution in [3.63, 3.8) is 0 Å². The molecule has 4 rings (SSSR count). The summed E-state index contributed by atoms with van der Waals surface area (Å²) in [7, 11) is 0. The topological polar surface area (TPSA) is 84.1 Å². The maximum Gasteiger partial charge on any atom is 1.00 e. The van der Waals surface area contributed by atoms with E-state index in [-0.39, 0.29) is 42.6 Å². The zero-order valence-corrected chi connectivity index (χ0v) is 20.2. The number of carboxylic acid groups (broad SMARTS) is 1. The van der Waals surface area contributed by atoms with Gasteiger partial charge in [0.1, 0.15) is 23.5 Å². The molecule has 0 saturated heterocycles. The minimum Gasteiger partial charge on any atom is -0.550 e. The molecule has 0 aliphatic carbocycles. The molecular weight excluding hydrogens is 417 g/mol. The van der Waals surface area contributed by atoms with Crippen LogP contribution in [0, 0.1) is 0 Å². The van der Waals surface area contributed by atoms with Crippen LogP contribution in [-0.2, 0) is 16.1 Å². The average molecular weight is 439 g/mol. The van der Waals surface area contributed by atoms with E-state index in [1.807, 2.05) is 43.3 Å². The maximum atomic E-state index is 10.7. The first-order chi connectivity index (χ1) is 15.1. The fourth-order valence-corrected chi connectivity index (χ4v) is 3.46. The number of para-hydroxylation sites is 1. The van der Waals surface area contributed by atoms with E-state index in [0.717, 1.165) is 33.2 Å². The summed E-state index contributed by atoms with van der Waals surface area (Å²) < 4.78 is 11.5. The first kappa shape index (κ1) is 23.9. The van der Waals surface area contributed by atoms with E-state index >= 15 is 0 Å². The smallest absolute Gasteiger partial charge is 0.550 e. The second-order valence-electron chi connectivity index (χ2n) is 7.08. The van der Waals surface area contributed by atoms with Gasteiger partial charge in [-0.1, -0.05) is 42.4 Å². The van der Waals surface area contributed by atoms with Crippen molar-refractivity contribution >= 4 is 33.6 Å². The molecule has 0 spiro atoms. The number of carbonyl (C=O) groups is 1. The Labute approximate surface area is 208 Å². The number of oxime groups is 1. The van der Waals surface area contributed by atoms with Crippen LogP contribution in [0.5, 0.6) is 5.75 Å². The van der Waals surface area contributed by atoms with Crippen molar-refractivity contribution in [2.24, 2.45) is 5.16 Å². The van der Waals surface area contributed by atoms with Gasteiger partial charge in [0.25, 0.3) is 0 Å². The molecule has 0 radical (unpaired) electrons. The molecule has 6 nitrogen and oxygen atoms in total. The molecule has 0 unspecified atom stereocenters. The van der Waals surface area contributed by atoms with Crippen molar-refractivity contribution in [3.8, 4) is 5.75 Å². The predicted octanol–water partition coefficient (Wildman–Crippen LogP) is 1.09. The normalized spacial score (nSPS) is 11.3. The van der Waals surface area contributed by atoms with E-state index in [2.05, 4.69) is 11.2 Å². The third-order valence-corrected chi connectivity index (χ3v) is 4.91. The predicted molar refractivity (Wildman–Crippen MR) is 117 cm³/mol. The summed E-state index contributed by atoms with van der Waals surface area (Å²) in [6.45, 7) is 2.59. The van der Waals surface area contributed by atoms with Crippen molar-refractivity contribution in [3.05, 3.63) is 77.9 Å². The quantitative estimate of drug-likeness (QED) is 0.169. The molecule has 1 heterocycles. The molecule has 0 aliphatic rings. The molecule has 0 N–H and O–H groups in total. The number of hydrogen-bond donors (Lipinski definition) is 0. The van der Waals surface area contributed by atoms with Gasteiger partial charge in [-0.3, -0.25) is 0 Å². The second-order valence-corrected chi connectivity index (χ2v) is 7.08. The molecule has 1 aromatic heterocycles. The van der Waals surface area contributed by atoms with Crippen LogP contribution in [0.3, 0.4) is 0 Å². The van der Waals surface area contributed by atoms with Crippen molar-refractivity contribution in [2.75, 3.05) is 13.2 Å². The number of furan rings is 1. The van der Waals surface area contributed by atoms with Gasteiger partial charge in [0.2, 0.25) is 0 Å². The average Bonchev–Trinajstić information content (AvgIpc) is 3.14. The molecule has 0 saturated carbocycles. The van der Waals surface area contributed by atoms with Crippen molar-refractivity contribution in [1.82, 2.24) is 0 Å². The molecule has 3 aromatic carbocycles. The van der Waals surface area contributed by atoms with Crippen molar-refractivity contribution < 1.29 is 53.4 Å². The summed E-state index contributed by atoms with van der Waals surface area (Å²) >= 11 is 0. The molecule has 0 bridgehead atoms. The standard InChI is InChI=1S/C25H23NO5.Na/c1-2-22(18-10-11-24-21(16-18)20-8-3-4-9-23(20)31-24)26-30-13-12-29-19-7-5-6-17(14-19)15-25(27)28;/h3-11,14,16H,2,12-13,15H2,1H3,(H,27,28);/q;+1/p-1. The summed E-state index contributed by atoms with van der Waals surface area (Å²) in [6.07, 6.45) is 0.571. The number of fused-ring (bicyclic) bond motifs is 3. The summed E-state index contributed by atoms with van der Waals surface area (Å²) in [6, 6.07) is 20.9. The van der Waals surface area contributed by atoms with Gasteiger partial charge in [-0.25, -0.2) is 0 Å². The molecule has 4 aromatic rings. The number of rotatable bonds is 9. The molecule has 0 atom stereocenters. The van der Waals surface area contributed by atoms with Gasteiger partial charge in [0.15, 0.2) is 6.61 Å². The number of hydrogen-bond acceptors (Lipinski definition) is 6. The van der Waals surface area contributed by atoms with E-state index in [9.17, 15) is 9.90 Å². The van der Waals surface area contributed by atoms with Gasteiger partial charge < -0.3 is 23.9 Å². The van der Waals surface area contributed by atoms with Gasteiger partial charge in [-0.05, 0) is 48.4 Å². The molecule has 0 fully saturated rings. The van der Waals surface area contributed by atoms with Crippen LogP contribution in [0.2, 0.25) is 0 Å². The zero-order valence-electron chi connectivity index (χ0n) is 18.2. The fraction of sp³-hybridized carbons (Fsp3) is 0.200. The number of ether oxygens (including phenoxy) is 1. The van der Waals surface area contributed by atoms with Crippen LogP contribution in [0.15, 0.2) is 76.3 Å². The van der Waals surface area contributed by atoms with Crippen LogP contribution in [0.1, 0.15) is 24.5 Å². The number of nitrogens with zero attached hydrogens (tertiary/aromatic N) is 1. The number of carboxylic acids is 1. The third-order valence-electron chi connectivity index (χ3n) is 4.91. The van der Waals surface area contributed by atoms with Crippen molar-refractivity contribution in [1.29, 1.82) is 0 Å². The molecule has 0 amide bonds. The first-order valence-corrected chi connectivity index (χ1v) is 10.2. The Balaban J connectivity index is 0.00000289. The van der Waals surface area contributed by atoms with Crippen LogP contribution < -0.4 is 39.4 Å². The van der Waals surface area contributed by atoms with Gasteiger partial charge in [0, 0.05) is 28.7 Å².